The Balaban J connectivity index is 2.60. The summed E-state index contributed by atoms with van der Waals surface area (Å²) in [6.07, 6.45) is 4.46. The molecule has 1 aliphatic heterocycles. The first-order chi connectivity index (χ1) is 4.84. The molecule has 10 heavy (non-hydrogen) atoms. The Morgan fingerprint density at radius 2 is 2.70 bits per heavy atom. The second-order valence-corrected chi connectivity index (χ2v) is 1.64. The highest BCUT2D eigenvalue weighted by Gasteiger charge is 2.10. The molecular formula is C7H6O3. The van der Waals surface area contributed by atoms with Gasteiger partial charge in [0.25, 0.3) is 0 Å². The van der Waals surface area contributed by atoms with E-state index in [1.54, 1.807) is 6.08 Å². The van der Waals surface area contributed by atoms with Crippen LogP contribution in [0, 0.1) is 12.0 Å². The van der Waals surface area contributed by atoms with E-state index in [1.807, 2.05) is 0 Å². The smallest absolute Gasteiger partial charge is 0.374 e. The van der Waals surface area contributed by atoms with Crippen LogP contribution in [0.5, 0.6) is 0 Å². The molecule has 0 aromatic heterocycles. The van der Waals surface area contributed by atoms with Gasteiger partial charge in [0.15, 0.2) is 0 Å². The van der Waals surface area contributed by atoms with Crippen molar-refractivity contribution in [3.63, 3.8) is 0 Å². The van der Waals surface area contributed by atoms with Crippen LogP contribution in [0.2, 0.25) is 0 Å². The summed E-state index contributed by atoms with van der Waals surface area (Å²) in [5.41, 5.74) is 0. The van der Waals surface area contributed by atoms with Crippen LogP contribution in [0.15, 0.2) is 11.8 Å². The molecule has 1 heterocycles. The van der Waals surface area contributed by atoms with E-state index in [9.17, 15) is 4.79 Å². The summed E-state index contributed by atoms with van der Waals surface area (Å²) in [5, 5.41) is 0. The summed E-state index contributed by atoms with van der Waals surface area (Å²) in [5.74, 6) is 2.34. The van der Waals surface area contributed by atoms with Gasteiger partial charge in [0.05, 0.1) is 7.11 Å². The first-order valence-corrected chi connectivity index (χ1v) is 2.78. The number of rotatable bonds is 1. The van der Waals surface area contributed by atoms with Crippen LogP contribution >= 0.6 is 0 Å². The van der Waals surface area contributed by atoms with Gasteiger partial charge in [-0.25, -0.2) is 4.79 Å². The van der Waals surface area contributed by atoms with Gasteiger partial charge in [-0.1, -0.05) is 5.92 Å². The summed E-state index contributed by atoms with van der Waals surface area (Å²) in [4.78, 5) is 10.7. The van der Waals surface area contributed by atoms with Crippen molar-refractivity contribution >= 4 is 5.97 Å². The van der Waals surface area contributed by atoms with Gasteiger partial charge in [-0.2, -0.15) is 0 Å². The number of allylic oxidation sites excluding steroid dienone is 1. The van der Waals surface area contributed by atoms with Crippen LogP contribution in [0.4, 0.5) is 0 Å². The molecule has 0 aromatic rings. The molecule has 0 spiro atoms. The van der Waals surface area contributed by atoms with E-state index >= 15 is 0 Å². The molecule has 0 amide bonds. The zero-order valence-electron chi connectivity index (χ0n) is 5.51. The molecule has 3 heteroatoms. The van der Waals surface area contributed by atoms with Gasteiger partial charge in [-0.3, -0.25) is 0 Å². The van der Waals surface area contributed by atoms with Gasteiger partial charge in [0, 0.05) is 6.42 Å². The Hall–Kier alpha value is -1.43. The molecule has 0 aliphatic carbocycles. The average Bonchev–Trinajstić information content (AvgIpc) is 2.05. The van der Waals surface area contributed by atoms with Gasteiger partial charge in [0.2, 0.25) is 5.76 Å². The van der Waals surface area contributed by atoms with Crippen molar-refractivity contribution in [2.24, 2.45) is 0 Å². The van der Waals surface area contributed by atoms with Gasteiger partial charge in [-0.05, 0) is 6.08 Å². The maximum absolute atomic E-state index is 10.7. The first kappa shape index (κ1) is 6.69. The summed E-state index contributed by atoms with van der Waals surface area (Å²) in [6, 6.07) is 0. The largest absolute Gasteiger partial charge is 0.463 e. The molecule has 0 unspecified atom stereocenters. The normalized spacial score (nSPS) is 13.9. The Kier molecular flexibility index (Phi) is 1.96. The fourth-order valence-electron chi connectivity index (χ4n) is 0.544. The zero-order chi connectivity index (χ0) is 7.40. The molecule has 0 N–H and O–H groups in total. The molecule has 0 atom stereocenters. The molecular weight excluding hydrogens is 132 g/mol. The van der Waals surface area contributed by atoms with Crippen molar-refractivity contribution in [2.75, 3.05) is 7.11 Å². The summed E-state index contributed by atoms with van der Waals surface area (Å²) < 4.78 is 9.05. The molecule has 0 radical (unpaired) electrons. The molecule has 0 saturated heterocycles. The summed E-state index contributed by atoms with van der Waals surface area (Å²) in [7, 11) is 1.30. The van der Waals surface area contributed by atoms with Gasteiger partial charge in [-0.15, -0.1) is 0 Å². The van der Waals surface area contributed by atoms with E-state index in [2.05, 4.69) is 21.5 Å². The monoisotopic (exact) mass is 138 g/mol. The predicted molar refractivity (Wildman–Crippen MR) is 33.6 cm³/mol. The second-order valence-electron chi connectivity index (χ2n) is 1.64. The lowest BCUT2D eigenvalue weighted by Gasteiger charge is -2.02. The van der Waals surface area contributed by atoms with Crippen LogP contribution in [-0.2, 0) is 14.3 Å². The third-order valence-corrected chi connectivity index (χ3v) is 1.01. The van der Waals surface area contributed by atoms with Crippen LogP contribution in [0.25, 0.3) is 0 Å². The SMILES string of the molecule is COC(=O)C1=CCC#CO1. The van der Waals surface area contributed by atoms with Crippen LogP contribution < -0.4 is 0 Å². The molecule has 52 valence electrons. The molecule has 1 rings (SSSR count). The number of methoxy groups -OCH3 is 1. The van der Waals surface area contributed by atoms with Crippen LogP contribution in [0.3, 0.4) is 0 Å². The fourth-order valence-corrected chi connectivity index (χ4v) is 0.544. The standard InChI is InChI=1S/C7H6O3/c1-9-7(8)6-4-2-3-5-10-6/h4H,2H2,1H3. The van der Waals surface area contributed by atoms with Crippen LogP contribution in [0.1, 0.15) is 6.42 Å². The zero-order valence-corrected chi connectivity index (χ0v) is 5.51. The number of hydrogen-bond acceptors (Lipinski definition) is 3. The number of hydrogen-bond donors (Lipinski definition) is 0. The lowest BCUT2D eigenvalue weighted by atomic mass is 10.3. The van der Waals surface area contributed by atoms with E-state index in [0.29, 0.717) is 6.42 Å². The van der Waals surface area contributed by atoms with E-state index < -0.39 is 5.97 Å². The first-order valence-electron chi connectivity index (χ1n) is 2.78. The number of esters is 1. The molecule has 0 aromatic carbocycles. The maximum Gasteiger partial charge on any atom is 0.374 e. The Bertz CT molecular complexity index is 229. The van der Waals surface area contributed by atoms with Crippen molar-refractivity contribution in [3.05, 3.63) is 11.8 Å². The molecule has 0 bridgehead atoms. The highest BCUT2D eigenvalue weighted by Crippen LogP contribution is 2.03. The summed E-state index contributed by atoms with van der Waals surface area (Å²) in [6.45, 7) is 0. The number of ether oxygens (including phenoxy) is 2. The molecule has 3 nitrogen and oxygen atoms in total. The predicted octanol–water partition coefficient (Wildman–Crippen LogP) is 0.424. The van der Waals surface area contributed by atoms with E-state index in [4.69, 9.17) is 0 Å². The minimum atomic E-state index is -0.478. The van der Waals surface area contributed by atoms with E-state index in [1.165, 1.54) is 7.11 Å². The number of carbonyl (C=O) groups excluding carboxylic acids is 1. The van der Waals surface area contributed by atoms with E-state index in [0.717, 1.165) is 0 Å². The lowest BCUT2D eigenvalue weighted by molar-refractivity contribution is -0.139. The van der Waals surface area contributed by atoms with Gasteiger partial charge in [0.1, 0.15) is 6.11 Å². The second kappa shape index (κ2) is 2.92. The Morgan fingerprint density at radius 3 is 3.20 bits per heavy atom. The molecule has 0 fully saturated rings. The minimum Gasteiger partial charge on any atom is -0.463 e. The number of carbonyl (C=O) groups is 1. The quantitative estimate of drug-likeness (QED) is 0.389. The minimum absolute atomic E-state index is 0.182. The van der Waals surface area contributed by atoms with Gasteiger partial charge < -0.3 is 9.47 Å². The van der Waals surface area contributed by atoms with Crippen molar-refractivity contribution in [2.45, 2.75) is 6.42 Å². The van der Waals surface area contributed by atoms with Crippen molar-refractivity contribution in [1.29, 1.82) is 0 Å². The van der Waals surface area contributed by atoms with E-state index in [-0.39, 0.29) is 5.76 Å². The van der Waals surface area contributed by atoms with Gasteiger partial charge >= 0.3 is 5.97 Å². The highest BCUT2D eigenvalue weighted by molar-refractivity contribution is 5.86. The lowest BCUT2D eigenvalue weighted by Crippen LogP contribution is -2.07. The molecule has 0 saturated carbocycles. The van der Waals surface area contributed by atoms with Crippen molar-refractivity contribution in [3.8, 4) is 12.0 Å². The average molecular weight is 138 g/mol. The maximum atomic E-state index is 10.7. The Morgan fingerprint density at radius 1 is 1.90 bits per heavy atom. The van der Waals surface area contributed by atoms with Crippen molar-refractivity contribution < 1.29 is 14.3 Å². The third-order valence-electron chi connectivity index (χ3n) is 1.01. The topological polar surface area (TPSA) is 35.5 Å². The molecule has 1 aliphatic rings. The third kappa shape index (κ3) is 1.29. The van der Waals surface area contributed by atoms with Crippen LogP contribution in [-0.4, -0.2) is 13.1 Å². The van der Waals surface area contributed by atoms with Crippen molar-refractivity contribution in [1.82, 2.24) is 0 Å². The summed E-state index contributed by atoms with van der Waals surface area (Å²) >= 11 is 0. The highest BCUT2D eigenvalue weighted by atomic mass is 16.6. The Labute approximate surface area is 58.6 Å². The fraction of sp³-hybridized carbons (Fsp3) is 0.286.